The van der Waals surface area contributed by atoms with Crippen LogP contribution in [0.3, 0.4) is 0 Å². The van der Waals surface area contributed by atoms with Crippen LogP contribution in [0.2, 0.25) is 0 Å². The van der Waals surface area contributed by atoms with E-state index < -0.39 is 36.1 Å². The van der Waals surface area contributed by atoms with Crippen molar-refractivity contribution in [1.82, 2.24) is 4.98 Å². The molecule has 2 aliphatic rings. The van der Waals surface area contributed by atoms with E-state index in [9.17, 15) is 23.1 Å². The number of aliphatic hydroxyl groups is 1. The Labute approximate surface area is 123 Å². The minimum Gasteiger partial charge on any atom is -0.375 e. The number of anilines is 1. The summed E-state index contributed by atoms with van der Waals surface area (Å²) >= 11 is 0. The predicted octanol–water partition coefficient (Wildman–Crippen LogP) is 0.941. The number of rotatable bonds is 2. The molecule has 120 valence electrons. The van der Waals surface area contributed by atoms with Crippen LogP contribution in [0.15, 0.2) is 18.3 Å². The second kappa shape index (κ2) is 5.18. The van der Waals surface area contributed by atoms with Gasteiger partial charge in [0.05, 0.1) is 26.2 Å². The Balaban J connectivity index is 1.89. The van der Waals surface area contributed by atoms with Gasteiger partial charge in [0.1, 0.15) is 5.82 Å². The number of carbonyl (C=O) groups excluding carboxylic acids is 1. The Morgan fingerprint density at radius 3 is 2.77 bits per heavy atom. The fraction of sp³-hybridized carbons (Fsp3) is 0.538. The van der Waals surface area contributed by atoms with E-state index in [2.05, 4.69) is 4.98 Å². The molecular weight excluding hydrogens is 305 g/mol. The van der Waals surface area contributed by atoms with E-state index in [4.69, 9.17) is 9.47 Å². The van der Waals surface area contributed by atoms with Crippen LogP contribution < -0.4 is 4.90 Å². The summed E-state index contributed by atoms with van der Waals surface area (Å²) in [5.74, 6) is -0.836. The number of hydrogen-bond acceptors (Lipinski definition) is 5. The third kappa shape index (κ3) is 2.34. The molecular formula is C13H13F3N2O4. The fourth-order valence-electron chi connectivity index (χ4n) is 2.55. The largest absolute Gasteiger partial charge is 0.423 e. The zero-order valence-electron chi connectivity index (χ0n) is 11.3. The number of carbonyl (C=O) groups is 1. The van der Waals surface area contributed by atoms with Gasteiger partial charge in [-0.2, -0.15) is 13.2 Å². The lowest BCUT2D eigenvalue weighted by molar-refractivity contribution is -0.259. The summed E-state index contributed by atoms with van der Waals surface area (Å²) in [6, 6.07) is 2.40. The minimum atomic E-state index is -4.92. The maximum absolute atomic E-state index is 13.2. The highest BCUT2D eigenvalue weighted by Gasteiger charge is 2.61. The van der Waals surface area contributed by atoms with Crippen molar-refractivity contribution in [2.45, 2.75) is 24.5 Å². The SMILES string of the molecule is O=C(CC1OCCO1)N1CC(O)(C(F)(F)F)c2cccnc21. The van der Waals surface area contributed by atoms with Crippen molar-refractivity contribution in [3.8, 4) is 0 Å². The van der Waals surface area contributed by atoms with Crippen LogP contribution in [0.5, 0.6) is 0 Å². The quantitative estimate of drug-likeness (QED) is 0.879. The molecule has 1 saturated heterocycles. The molecule has 1 aromatic rings. The van der Waals surface area contributed by atoms with Crippen molar-refractivity contribution < 1.29 is 32.5 Å². The highest BCUT2D eigenvalue weighted by molar-refractivity contribution is 5.95. The zero-order valence-corrected chi connectivity index (χ0v) is 11.3. The van der Waals surface area contributed by atoms with E-state index in [-0.39, 0.29) is 12.2 Å². The van der Waals surface area contributed by atoms with Crippen LogP contribution in [-0.4, -0.2) is 48.2 Å². The summed E-state index contributed by atoms with van der Waals surface area (Å²) in [6.07, 6.45) is -4.66. The third-order valence-corrected chi connectivity index (χ3v) is 3.68. The van der Waals surface area contributed by atoms with Gasteiger partial charge in [-0.1, -0.05) is 6.07 Å². The van der Waals surface area contributed by atoms with Gasteiger partial charge in [0.25, 0.3) is 0 Å². The van der Waals surface area contributed by atoms with Gasteiger partial charge in [-0.3, -0.25) is 9.69 Å². The van der Waals surface area contributed by atoms with Crippen LogP contribution in [0.4, 0.5) is 19.0 Å². The number of halogens is 3. The highest BCUT2D eigenvalue weighted by atomic mass is 19.4. The number of nitrogens with zero attached hydrogens (tertiary/aromatic N) is 2. The van der Waals surface area contributed by atoms with Crippen molar-refractivity contribution in [3.63, 3.8) is 0 Å². The van der Waals surface area contributed by atoms with Gasteiger partial charge in [0.15, 0.2) is 6.29 Å². The maximum Gasteiger partial charge on any atom is 0.423 e. The van der Waals surface area contributed by atoms with Crippen LogP contribution >= 0.6 is 0 Å². The molecule has 0 bridgehead atoms. The molecule has 9 heteroatoms. The standard InChI is InChI=1S/C13H13F3N2O4/c14-13(15,16)12(20)7-18(11-8(12)2-1-3-17-11)9(19)6-10-21-4-5-22-10/h1-3,10,20H,4-7H2. The van der Waals surface area contributed by atoms with E-state index in [0.717, 1.165) is 11.0 Å². The maximum atomic E-state index is 13.2. The first-order valence-corrected chi connectivity index (χ1v) is 6.61. The van der Waals surface area contributed by atoms with Crippen molar-refractivity contribution in [3.05, 3.63) is 23.9 Å². The fourth-order valence-corrected chi connectivity index (χ4v) is 2.55. The van der Waals surface area contributed by atoms with Gasteiger partial charge in [-0.05, 0) is 6.07 Å². The molecule has 3 rings (SSSR count). The Morgan fingerprint density at radius 1 is 1.45 bits per heavy atom. The average molecular weight is 318 g/mol. The highest BCUT2D eigenvalue weighted by Crippen LogP contribution is 2.47. The Bertz CT molecular complexity index is 589. The van der Waals surface area contributed by atoms with Gasteiger partial charge in [0.2, 0.25) is 11.5 Å². The summed E-state index contributed by atoms with van der Waals surface area (Å²) in [5.41, 5.74) is -3.55. The number of amides is 1. The topological polar surface area (TPSA) is 71.9 Å². The summed E-state index contributed by atoms with van der Waals surface area (Å²) in [7, 11) is 0. The Kier molecular flexibility index (Phi) is 3.58. The lowest BCUT2D eigenvalue weighted by Gasteiger charge is -2.26. The number of β-amino-alcohol motifs (C(OH)–C–C–N with tert-alkyl or cyclic N) is 1. The lowest BCUT2D eigenvalue weighted by atomic mass is 9.97. The van der Waals surface area contributed by atoms with Crippen molar-refractivity contribution in [2.24, 2.45) is 0 Å². The van der Waals surface area contributed by atoms with Crippen LogP contribution in [0.1, 0.15) is 12.0 Å². The number of hydrogen-bond donors (Lipinski definition) is 1. The zero-order chi connectivity index (χ0) is 16.0. The Hall–Kier alpha value is -1.71. The van der Waals surface area contributed by atoms with E-state index in [1.807, 2.05) is 0 Å². The number of ether oxygens (including phenoxy) is 2. The van der Waals surface area contributed by atoms with Gasteiger partial charge in [-0.25, -0.2) is 4.98 Å². The molecule has 0 aromatic carbocycles. The lowest BCUT2D eigenvalue weighted by Crippen LogP contribution is -2.47. The van der Waals surface area contributed by atoms with Crippen LogP contribution in [0.25, 0.3) is 0 Å². The smallest absolute Gasteiger partial charge is 0.375 e. The summed E-state index contributed by atoms with van der Waals surface area (Å²) < 4.78 is 49.8. The first-order chi connectivity index (χ1) is 10.3. The number of alkyl halides is 3. The minimum absolute atomic E-state index is 0.190. The molecule has 0 aliphatic carbocycles. The molecule has 6 nitrogen and oxygen atoms in total. The molecule has 1 N–H and O–H groups in total. The van der Waals surface area contributed by atoms with Gasteiger partial charge < -0.3 is 14.6 Å². The van der Waals surface area contributed by atoms with Gasteiger partial charge >= 0.3 is 6.18 Å². The molecule has 0 saturated carbocycles. The monoisotopic (exact) mass is 318 g/mol. The molecule has 3 heterocycles. The molecule has 1 fully saturated rings. The first kappa shape index (κ1) is 15.2. The summed E-state index contributed by atoms with van der Waals surface area (Å²) in [5, 5.41) is 10.0. The molecule has 1 unspecified atom stereocenters. The summed E-state index contributed by atoms with van der Waals surface area (Å²) in [6.45, 7) is -0.257. The van der Waals surface area contributed by atoms with Crippen molar-refractivity contribution >= 4 is 11.7 Å². The Morgan fingerprint density at radius 2 is 2.14 bits per heavy atom. The number of pyridine rings is 1. The van der Waals surface area contributed by atoms with Gasteiger partial charge in [0, 0.05) is 11.8 Å². The third-order valence-electron chi connectivity index (χ3n) is 3.68. The van der Waals surface area contributed by atoms with Crippen LogP contribution in [0, 0.1) is 0 Å². The van der Waals surface area contributed by atoms with E-state index in [0.29, 0.717) is 13.2 Å². The van der Waals surface area contributed by atoms with Crippen LogP contribution in [-0.2, 0) is 19.9 Å². The summed E-state index contributed by atoms with van der Waals surface area (Å²) in [4.78, 5) is 16.9. The average Bonchev–Trinajstić information content (AvgIpc) is 3.06. The second-order valence-electron chi connectivity index (χ2n) is 5.09. The van der Waals surface area contributed by atoms with Crippen molar-refractivity contribution in [1.29, 1.82) is 0 Å². The molecule has 0 radical (unpaired) electrons. The molecule has 1 amide bonds. The molecule has 2 aliphatic heterocycles. The molecule has 1 atom stereocenters. The molecule has 0 spiro atoms. The number of fused-ring (bicyclic) bond motifs is 1. The normalized spacial score (nSPS) is 25.5. The van der Waals surface area contributed by atoms with Gasteiger partial charge in [-0.15, -0.1) is 0 Å². The second-order valence-corrected chi connectivity index (χ2v) is 5.09. The van der Waals surface area contributed by atoms with E-state index >= 15 is 0 Å². The van der Waals surface area contributed by atoms with Crippen molar-refractivity contribution in [2.75, 3.05) is 24.7 Å². The molecule has 22 heavy (non-hydrogen) atoms. The van der Waals surface area contributed by atoms with E-state index in [1.54, 1.807) is 0 Å². The number of aromatic nitrogens is 1. The van der Waals surface area contributed by atoms with E-state index in [1.165, 1.54) is 12.3 Å². The predicted molar refractivity (Wildman–Crippen MR) is 66.9 cm³/mol. The first-order valence-electron chi connectivity index (χ1n) is 6.61. The molecule has 1 aromatic heterocycles.